The molecule has 0 aliphatic heterocycles. The maximum Gasteiger partial charge on any atom is 0.253 e. The molecule has 0 amide bonds. The first-order valence-corrected chi connectivity index (χ1v) is 9.10. The number of nitrogens with zero attached hydrogens (tertiary/aromatic N) is 2. The normalized spacial score (nSPS) is 12.3. The number of aromatic amines is 1. The number of H-pyrrole nitrogens is 1. The second-order valence-corrected chi connectivity index (χ2v) is 7.29. The fourth-order valence-electron chi connectivity index (χ4n) is 2.66. The van der Waals surface area contributed by atoms with Crippen molar-refractivity contribution >= 4 is 34.3 Å². The van der Waals surface area contributed by atoms with Crippen LogP contribution in [-0.4, -0.2) is 26.6 Å². The highest BCUT2D eigenvalue weighted by Crippen LogP contribution is 2.24. The molecule has 1 atom stereocenters. The summed E-state index contributed by atoms with van der Waals surface area (Å²) in [6.07, 6.45) is 1.33. The van der Waals surface area contributed by atoms with Crippen LogP contribution < -0.4 is 16.2 Å². The molecule has 0 fully saturated rings. The number of pyridine rings is 1. The van der Waals surface area contributed by atoms with Gasteiger partial charge in [-0.05, 0) is 37.1 Å². The van der Waals surface area contributed by atoms with Gasteiger partial charge < -0.3 is 20.7 Å². The lowest BCUT2D eigenvalue weighted by atomic mass is 10.1. The molecule has 2 heterocycles. The van der Waals surface area contributed by atoms with Gasteiger partial charge in [-0.25, -0.2) is 4.98 Å². The molecule has 0 aliphatic rings. The molecule has 1 aromatic carbocycles. The fourth-order valence-corrected chi connectivity index (χ4v) is 2.84. The smallest absolute Gasteiger partial charge is 0.253 e. The number of anilines is 2. The van der Waals surface area contributed by atoms with Crippen molar-refractivity contribution in [3.63, 3.8) is 0 Å². The van der Waals surface area contributed by atoms with Crippen LogP contribution in [0.1, 0.15) is 32.4 Å². The van der Waals surface area contributed by atoms with Crippen LogP contribution in [0.3, 0.4) is 0 Å². The van der Waals surface area contributed by atoms with E-state index in [4.69, 9.17) is 11.6 Å². The van der Waals surface area contributed by atoms with Gasteiger partial charge in [-0.1, -0.05) is 25.4 Å². The van der Waals surface area contributed by atoms with Crippen LogP contribution in [-0.2, 0) is 0 Å². The number of benzene rings is 1. The molecule has 0 spiro atoms. The average Bonchev–Trinajstić information content (AvgIpc) is 2.61. The molecular formula is C19H22ClN5O2. The minimum atomic E-state index is -0.348. The van der Waals surface area contributed by atoms with Crippen LogP contribution in [0, 0.1) is 5.92 Å². The predicted octanol–water partition coefficient (Wildman–Crippen LogP) is 3.92. The molecule has 7 nitrogen and oxygen atoms in total. The number of nitrogens with one attached hydrogen (secondary N) is 3. The fraction of sp³-hybridized carbons (Fsp3) is 0.316. The van der Waals surface area contributed by atoms with Gasteiger partial charge >= 0.3 is 0 Å². The zero-order valence-corrected chi connectivity index (χ0v) is 16.1. The number of hydrogen-bond acceptors (Lipinski definition) is 6. The third-order valence-electron chi connectivity index (χ3n) is 4.09. The molecule has 8 heteroatoms. The van der Waals surface area contributed by atoms with Crippen molar-refractivity contribution in [1.82, 2.24) is 15.0 Å². The van der Waals surface area contributed by atoms with Gasteiger partial charge in [-0.3, -0.25) is 4.79 Å². The summed E-state index contributed by atoms with van der Waals surface area (Å²) in [5.74, 6) is 1.05. The van der Waals surface area contributed by atoms with Crippen LogP contribution in [0.15, 0.2) is 35.3 Å². The lowest BCUT2D eigenvalue weighted by Gasteiger charge is -2.16. The summed E-state index contributed by atoms with van der Waals surface area (Å²) in [6, 6.07) is 6.76. The van der Waals surface area contributed by atoms with Crippen LogP contribution in [0.2, 0.25) is 5.02 Å². The molecular weight excluding hydrogens is 366 g/mol. The quantitative estimate of drug-likeness (QED) is 0.511. The highest BCUT2D eigenvalue weighted by Gasteiger charge is 2.14. The first kappa shape index (κ1) is 19.0. The van der Waals surface area contributed by atoms with Crippen LogP contribution >= 0.6 is 11.6 Å². The van der Waals surface area contributed by atoms with E-state index < -0.39 is 0 Å². The Bertz CT molecular complexity index is 1020. The van der Waals surface area contributed by atoms with E-state index >= 15 is 0 Å². The minimum Gasteiger partial charge on any atom is -0.503 e. The molecule has 0 saturated carbocycles. The molecule has 0 radical (unpaired) electrons. The van der Waals surface area contributed by atoms with Crippen LogP contribution in [0.25, 0.3) is 10.9 Å². The maximum atomic E-state index is 12.4. The Kier molecular flexibility index (Phi) is 5.51. The monoisotopic (exact) mass is 387 g/mol. The molecule has 4 N–H and O–H groups in total. The van der Waals surface area contributed by atoms with Crippen LogP contribution in [0.5, 0.6) is 5.75 Å². The van der Waals surface area contributed by atoms with Crippen molar-refractivity contribution < 1.29 is 5.11 Å². The molecule has 0 aliphatic carbocycles. The maximum absolute atomic E-state index is 12.4. The SMILES string of the molecule is CC(C)CNc1nc(N[C@@H](C)c2cc3cc(Cl)ccc3[nH]c2=O)ncc1O. The van der Waals surface area contributed by atoms with Crippen molar-refractivity contribution in [2.45, 2.75) is 26.8 Å². The highest BCUT2D eigenvalue weighted by molar-refractivity contribution is 6.31. The van der Waals surface area contributed by atoms with Gasteiger partial charge in [-0.2, -0.15) is 4.98 Å². The Balaban J connectivity index is 1.86. The van der Waals surface area contributed by atoms with Crippen molar-refractivity contribution in [2.24, 2.45) is 5.92 Å². The molecule has 142 valence electrons. The number of rotatable bonds is 6. The lowest BCUT2D eigenvalue weighted by molar-refractivity contribution is 0.471. The third kappa shape index (κ3) is 4.49. The Morgan fingerprint density at radius 2 is 2.04 bits per heavy atom. The molecule has 2 aromatic heterocycles. The highest BCUT2D eigenvalue weighted by atomic mass is 35.5. The number of halogens is 1. The summed E-state index contributed by atoms with van der Waals surface area (Å²) in [5, 5.41) is 17.5. The summed E-state index contributed by atoms with van der Waals surface area (Å²) >= 11 is 6.05. The van der Waals surface area contributed by atoms with Crippen molar-refractivity contribution in [1.29, 1.82) is 0 Å². The number of fused-ring (bicyclic) bond motifs is 1. The second-order valence-electron chi connectivity index (χ2n) is 6.85. The summed E-state index contributed by atoms with van der Waals surface area (Å²) in [6.45, 7) is 6.64. The van der Waals surface area contributed by atoms with E-state index in [-0.39, 0.29) is 17.4 Å². The van der Waals surface area contributed by atoms with Gasteiger partial charge in [0.2, 0.25) is 5.95 Å². The Labute approximate surface area is 161 Å². The minimum absolute atomic E-state index is 0.0213. The number of aromatic nitrogens is 3. The zero-order valence-electron chi connectivity index (χ0n) is 15.4. The van der Waals surface area contributed by atoms with Crippen molar-refractivity contribution in [3.8, 4) is 5.75 Å². The van der Waals surface area contributed by atoms with E-state index in [1.54, 1.807) is 24.3 Å². The van der Waals surface area contributed by atoms with E-state index in [2.05, 4.69) is 39.4 Å². The molecule has 0 bridgehead atoms. The summed E-state index contributed by atoms with van der Waals surface area (Å²) in [4.78, 5) is 23.7. The van der Waals surface area contributed by atoms with Gasteiger partial charge in [0, 0.05) is 28.0 Å². The zero-order chi connectivity index (χ0) is 19.6. The standard InChI is InChI=1S/C19H22ClN5O2/c1-10(2)8-21-17-16(26)9-22-19(25-17)23-11(3)14-7-12-6-13(20)4-5-15(12)24-18(14)27/h4-7,9-11,26H,8H2,1-3H3,(H,24,27)(H2,21,22,23,25)/t11-/m0/s1. The topological polar surface area (TPSA) is 103 Å². The van der Waals surface area contributed by atoms with Gasteiger partial charge in [-0.15, -0.1) is 0 Å². The first-order valence-electron chi connectivity index (χ1n) is 8.72. The van der Waals surface area contributed by atoms with E-state index in [1.165, 1.54) is 6.20 Å². The van der Waals surface area contributed by atoms with E-state index in [0.717, 1.165) is 10.9 Å². The van der Waals surface area contributed by atoms with Gasteiger partial charge in [0.15, 0.2) is 11.6 Å². The average molecular weight is 388 g/mol. The summed E-state index contributed by atoms with van der Waals surface area (Å²) < 4.78 is 0. The first-order chi connectivity index (χ1) is 12.8. The number of aromatic hydroxyl groups is 1. The number of hydrogen-bond donors (Lipinski definition) is 4. The van der Waals surface area contributed by atoms with Crippen molar-refractivity contribution in [3.05, 3.63) is 51.4 Å². The van der Waals surface area contributed by atoms with E-state index in [1.807, 2.05) is 6.92 Å². The second kappa shape index (κ2) is 7.84. The third-order valence-corrected chi connectivity index (χ3v) is 4.33. The van der Waals surface area contributed by atoms with E-state index in [9.17, 15) is 9.90 Å². The molecule has 3 aromatic rings. The predicted molar refractivity (Wildman–Crippen MR) is 109 cm³/mol. The molecule has 0 saturated heterocycles. The van der Waals surface area contributed by atoms with Gasteiger partial charge in [0.05, 0.1) is 12.2 Å². The summed E-state index contributed by atoms with van der Waals surface area (Å²) in [7, 11) is 0. The molecule has 3 rings (SSSR count). The van der Waals surface area contributed by atoms with E-state index in [0.29, 0.717) is 34.8 Å². The Hall–Kier alpha value is -2.80. The lowest BCUT2D eigenvalue weighted by Crippen LogP contribution is -2.20. The summed E-state index contributed by atoms with van der Waals surface area (Å²) in [5.41, 5.74) is 1.07. The Morgan fingerprint density at radius 1 is 1.26 bits per heavy atom. The van der Waals surface area contributed by atoms with Gasteiger partial charge in [0.25, 0.3) is 5.56 Å². The Morgan fingerprint density at radius 3 is 2.78 bits per heavy atom. The van der Waals surface area contributed by atoms with Gasteiger partial charge in [0.1, 0.15) is 0 Å². The molecule has 27 heavy (non-hydrogen) atoms. The largest absolute Gasteiger partial charge is 0.503 e. The molecule has 0 unspecified atom stereocenters. The van der Waals surface area contributed by atoms with Crippen molar-refractivity contribution in [2.75, 3.05) is 17.2 Å². The van der Waals surface area contributed by atoms with Crippen LogP contribution in [0.4, 0.5) is 11.8 Å².